The number of anilines is 1. The largest absolute Gasteiger partial charge is 0.320 e. The molecule has 2 rings (SSSR count). The van der Waals surface area contributed by atoms with Gasteiger partial charge in [0.1, 0.15) is 4.60 Å². The second-order valence-electron chi connectivity index (χ2n) is 4.52. The molecule has 0 fully saturated rings. The first-order valence-corrected chi connectivity index (χ1v) is 8.70. The van der Waals surface area contributed by atoms with E-state index in [0.717, 1.165) is 6.26 Å². The highest BCUT2D eigenvalue weighted by atomic mass is 79.9. The lowest BCUT2D eigenvalue weighted by Crippen LogP contribution is -2.14. The quantitative estimate of drug-likeness (QED) is 0.845. The topological polar surface area (TPSA) is 76.1 Å². The molecule has 0 aliphatic carbocycles. The Morgan fingerprint density at radius 2 is 1.95 bits per heavy atom. The first-order chi connectivity index (χ1) is 9.77. The predicted molar refractivity (Wildman–Crippen MR) is 84.2 cm³/mol. The number of sulfone groups is 1. The number of nitrogens with one attached hydrogen (secondary N) is 1. The van der Waals surface area contributed by atoms with Crippen molar-refractivity contribution in [2.24, 2.45) is 0 Å². The van der Waals surface area contributed by atoms with Crippen molar-refractivity contribution in [3.8, 4) is 0 Å². The van der Waals surface area contributed by atoms with Crippen molar-refractivity contribution in [2.45, 2.75) is 11.8 Å². The summed E-state index contributed by atoms with van der Waals surface area (Å²) in [6.07, 6.45) is 1.10. The van der Waals surface area contributed by atoms with Crippen molar-refractivity contribution in [1.82, 2.24) is 4.98 Å². The Kier molecular flexibility index (Phi) is 4.43. The van der Waals surface area contributed by atoms with E-state index in [-0.39, 0.29) is 16.4 Å². The lowest BCUT2D eigenvalue weighted by Gasteiger charge is -2.08. The molecule has 110 valence electrons. The van der Waals surface area contributed by atoms with Crippen LogP contribution in [-0.2, 0) is 9.84 Å². The summed E-state index contributed by atoms with van der Waals surface area (Å²) >= 11 is 3.25. The average molecular weight is 369 g/mol. The van der Waals surface area contributed by atoms with E-state index in [0.29, 0.717) is 16.0 Å². The van der Waals surface area contributed by atoms with E-state index in [1.54, 1.807) is 25.1 Å². The minimum atomic E-state index is -3.34. The molecule has 7 heteroatoms. The first kappa shape index (κ1) is 15.7. The van der Waals surface area contributed by atoms with Crippen molar-refractivity contribution in [2.75, 3.05) is 11.6 Å². The number of hydrogen-bond donors (Lipinski definition) is 1. The second kappa shape index (κ2) is 5.95. The SMILES string of the molecule is Cc1nc(Br)ccc1NC(=O)c1cccc(S(C)(=O)=O)c1. The molecule has 5 nitrogen and oxygen atoms in total. The zero-order chi connectivity index (χ0) is 15.6. The molecule has 0 atom stereocenters. The Bertz CT molecular complexity index is 804. The van der Waals surface area contributed by atoms with E-state index in [2.05, 4.69) is 26.2 Å². The number of carbonyl (C=O) groups excluding carboxylic acids is 1. The fraction of sp³-hybridized carbons (Fsp3) is 0.143. The fourth-order valence-electron chi connectivity index (χ4n) is 1.72. The molecular formula is C14H13BrN2O3S. The summed E-state index contributed by atoms with van der Waals surface area (Å²) in [4.78, 5) is 16.5. The third kappa shape index (κ3) is 3.89. The van der Waals surface area contributed by atoms with Gasteiger partial charge in [-0.05, 0) is 53.2 Å². The molecule has 0 saturated heterocycles. The van der Waals surface area contributed by atoms with Crippen LogP contribution in [0, 0.1) is 6.92 Å². The summed E-state index contributed by atoms with van der Waals surface area (Å²) in [7, 11) is -3.34. The van der Waals surface area contributed by atoms with Crippen molar-refractivity contribution < 1.29 is 13.2 Å². The first-order valence-electron chi connectivity index (χ1n) is 6.02. The molecule has 0 unspecified atom stereocenters. The van der Waals surface area contributed by atoms with Crippen LogP contribution in [0.25, 0.3) is 0 Å². The van der Waals surface area contributed by atoms with Crippen molar-refractivity contribution in [3.63, 3.8) is 0 Å². The number of pyridine rings is 1. The maximum atomic E-state index is 12.2. The number of benzene rings is 1. The Morgan fingerprint density at radius 3 is 2.57 bits per heavy atom. The smallest absolute Gasteiger partial charge is 0.255 e. The molecule has 0 radical (unpaired) electrons. The van der Waals surface area contributed by atoms with E-state index in [1.807, 2.05) is 0 Å². The van der Waals surface area contributed by atoms with Crippen molar-refractivity contribution in [3.05, 3.63) is 52.3 Å². The Hall–Kier alpha value is -1.73. The molecule has 1 aromatic heterocycles. The van der Waals surface area contributed by atoms with Gasteiger partial charge >= 0.3 is 0 Å². The molecule has 1 heterocycles. The van der Waals surface area contributed by atoms with Gasteiger partial charge in [-0.1, -0.05) is 6.07 Å². The maximum Gasteiger partial charge on any atom is 0.255 e. The molecule has 1 aromatic carbocycles. The summed E-state index contributed by atoms with van der Waals surface area (Å²) < 4.78 is 23.7. The maximum absolute atomic E-state index is 12.2. The average Bonchev–Trinajstić information content (AvgIpc) is 2.41. The zero-order valence-electron chi connectivity index (χ0n) is 11.4. The Labute approximate surface area is 131 Å². The number of aromatic nitrogens is 1. The summed E-state index contributed by atoms with van der Waals surface area (Å²) in [6, 6.07) is 9.36. The molecule has 0 aliphatic heterocycles. The monoisotopic (exact) mass is 368 g/mol. The lowest BCUT2D eigenvalue weighted by molar-refractivity contribution is 0.102. The van der Waals surface area contributed by atoms with Gasteiger partial charge < -0.3 is 5.32 Å². The standard InChI is InChI=1S/C14H13BrN2O3S/c1-9-12(6-7-13(15)16-9)17-14(18)10-4-3-5-11(8-10)21(2,19)20/h3-8H,1-2H3,(H,17,18). The molecular weight excluding hydrogens is 356 g/mol. The number of carbonyl (C=O) groups is 1. The van der Waals surface area contributed by atoms with E-state index >= 15 is 0 Å². The molecule has 0 saturated carbocycles. The normalized spacial score (nSPS) is 11.2. The Balaban J connectivity index is 2.29. The number of amides is 1. The van der Waals surface area contributed by atoms with Gasteiger partial charge in [0, 0.05) is 11.8 Å². The number of aryl methyl sites for hydroxylation is 1. The van der Waals surface area contributed by atoms with Crippen LogP contribution in [0.2, 0.25) is 0 Å². The van der Waals surface area contributed by atoms with Gasteiger partial charge in [0.05, 0.1) is 16.3 Å². The van der Waals surface area contributed by atoms with E-state index in [9.17, 15) is 13.2 Å². The highest BCUT2D eigenvalue weighted by molar-refractivity contribution is 9.10. The molecule has 0 bridgehead atoms. The minimum Gasteiger partial charge on any atom is -0.320 e. The van der Waals surface area contributed by atoms with Gasteiger partial charge in [0.15, 0.2) is 9.84 Å². The van der Waals surface area contributed by atoms with Crippen LogP contribution >= 0.6 is 15.9 Å². The third-order valence-corrected chi connectivity index (χ3v) is 4.38. The summed E-state index contributed by atoms with van der Waals surface area (Å²) in [5.41, 5.74) is 1.52. The molecule has 2 aromatic rings. The van der Waals surface area contributed by atoms with Gasteiger partial charge in [-0.3, -0.25) is 4.79 Å². The van der Waals surface area contributed by atoms with Gasteiger partial charge in [-0.2, -0.15) is 0 Å². The van der Waals surface area contributed by atoms with E-state index < -0.39 is 9.84 Å². The summed E-state index contributed by atoms with van der Waals surface area (Å²) in [6.45, 7) is 1.77. The molecule has 21 heavy (non-hydrogen) atoms. The predicted octanol–water partition coefficient (Wildman–Crippen LogP) is 2.81. The minimum absolute atomic E-state index is 0.112. The van der Waals surface area contributed by atoms with Crippen LogP contribution < -0.4 is 5.32 Å². The summed E-state index contributed by atoms with van der Waals surface area (Å²) in [5.74, 6) is -0.382. The number of rotatable bonds is 3. The van der Waals surface area contributed by atoms with Gasteiger partial charge in [0.25, 0.3) is 5.91 Å². The number of hydrogen-bond acceptors (Lipinski definition) is 4. The van der Waals surface area contributed by atoms with Gasteiger partial charge in [-0.15, -0.1) is 0 Å². The van der Waals surface area contributed by atoms with E-state index in [1.165, 1.54) is 18.2 Å². The highest BCUT2D eigenvalue weighted by Gasteiger charge is 2.12. The van der Waals surface area contributed by atoms with Crippen LogP contribution in [0.1, 0.15) is 16.1 Å². The highest BCUT2D eigenvalue weighted by Crippen LogP contribution is 2.18. The van der Waals surface area contributed by atoms with Crippen LogP contribution in [0.15, 0.2) is 45.9 Å². The van der Waals surface area contributed by atoms with Crippen molar-refractivity contribution in [1.29, 1.82) is 0 Å². The van der Waals surface area contributed by atoms with Gasteiger partial charge in [0.2, 0.25) is 0 Å². The van der Waals surface area contributed by atoms with Crippen LogP contribution in [0.3, 0.4) is 0 Å². The van der Waals surface area contributed by atoms with Crippen LogP contribution in [0.4, 0.5) is 5.69 Å². The molecule has 1 N–H and O–H groups in total. The van der Waals surface area contributed by atoms with Crippen LogP contribution in [-0.4, -0.2) is 25.6 Å². The zero-order valence-corrected chi connectivity index (χ0v) is 13.8. The fourth-order valence-corrected chi connectivity index (χ4v) is 2.79. The van der Waals surface area contributed by atoms with Gasteiger partial charge in [-0.25, -0.2) is 13.4 Å². The lowest BCUT2D eigenvalue weighted by atomic mass is 10.2. The number of nitrogens with zero attached hydrogens (tertiary/aromatic N) is 1. The Morgan fingerprint density at radius 1 is 1.24 bits per heavy atom. The van der Waals surface area contributed by atoms with Crippen LogP contribution in [0.5, 0.6) is 0 Å². The summed E-state index contributed by atoms with van der Waals surface area (Å²) in [5, 5.41) is 2.72. The number of halogens is 1. The molecule has 0 spiro atoms. The molecule has 1 amide bonds. The molecule has 0 aliphatic rings. The second-order valence-corrected chi connectivity index (χ2v) is 7.35. The van der Waals surface area contributed by atoms with E-state index in [4.69, 9.17) is 0 Å². The van der Waals surface area contributed by atoms with Crippen molar-refractivity contribution >= 4 is 37.4 Å². The third-order valence-electron chi connectivity index (χ3n) is 2.82.